The number of carbonyl (C=O) groups is 2. The molecule has 2 heterocycles. The van der Waals surface area contributed by atoms with E-state index in [2.05, 4.69) is 39.9 Å². The number of piperazine rings is 1. The van der Waals surface area contributed by atoms with Gasteiger partial charge in [-0.15, -0.1) is 0 Å². The van der Waals surface area contributed by atoms with Crippen LogP contribution >= 0.6 is 11.6 Å². The van der Waals surface area contributed by atoms with Gasteiger partial charge >= 0.3 is 6.09 Å². The molecule has 1 unspecified atom stereocenters. The zero-order valence-corrected chi connectivity index (χ0v) is 27.4. The highest BCUT2D eigenvalue weighted by Crippen LogP contribution is 2.31. The summed E-state index contributed by atoms with van der Waals surface area (Å²) in [4.78, 5) is 26.7. The maximum absolute atomic E-state index is 15.0. The second-order valence-electron chi connectivity index (χ2n) is 11.2. The highest BCUT2D eigenvalue weighted by Gasteiger charge is 2.37. The number of rotatable bonds is 10. The van der Waals surface area contributed by atoms with Gasteiger partial charge in [0.05, 0.1) is 30.1 Å². The lowest BCUT2D eigenvalue weighted by Gasteiger charge is -2.40. The molecule has 3 aromatic rings. The Kier molecular flexibility index (Phi) is 13.3. The van der Waals surface area contributed by atoms with E-state index in [0.717, 1.165) is 11.8 Å². The molecule has 0 aliphatic carbocycles. The number of nitrogens with two attached hydrogens (primary N) is 1. The summed E-state index contributed by atoms with van der Waals surface area (Å²) in [6, 6.07) is 15.2. The Morgan fingerprint density at radius 2 is 1.78 bits per heavy atom. The second kappa shape index (κ2) is 16.6. The summed E-state index contributed by atoms with van der Waals surface area (Å²) in [5.41, 5.74) is 6.05. The zero-order chi connectivity index (χ0) is 33.1. The quantitative estimate of drug-likeness (QED) is 0.266. The van der Waals surface area contributed by atoms with E-state index >= 15 is 4.39 Å². The summed E-state index contributed by atoms with van der Waals surface area (Å²) in [7, 11) is -2.52. The van der Waals surface area contributed by atoms with Crippen LogP contribution in [0.2, 0.25) is 5.02 Å². The topological polar surface area (TPSA) is 144 Å². The van der Waals surface area contributed by atoms with Gasteiger partial charge in [0.15, 0.2) is 0 Å². The van der Waals surface area contributed by atoms with E-state index in [1.54, 1.807) is 42.5 Å². The monoisotopic (exact) mass is 661 g/mol. The molecule has 45 heavy (non-hydrogen) atoms. The van der Waals surface area contributed by atoms with Gasteiger partial charge in [-0.1, -0.05) is 55.8 Å². The van der Waals surface area contributed by atoms with Crippen molar-refractivity contribution in [1.82, 2.24) is 14.6 Å². The molecule has 1 fully saturated rings. The predicted octanol–water partition coefficient (Wildman–Crippen LogP) is 5.34. The zero-order valence-electron chi connectivity index (χ0n) is 25.9. The third-order valence-electron chi connectivity index (χ3n) is 7.65. The van der Waals surface area contributed by atoms with Gasteiger partial charge in [-0.25, -0.2) is 17.6 Å². The summed E-state index contributed by atoms with van der Waals surface area (Å²) < 4.78 is 47.6. The molecule has 1 aliphatic heterocycles. The summed E-state index contributed by atoms with van der Waals surface area (Å²) in [5, 5.41) is 6.79. The molecule has 13 heteroatoms. The fourth-order valence-corrected chi connectivity index (χ4v) is 7.35. The lowest BCUT2D eigenvalue weighted by molar-refractivity contribution is -0.116. The maximum Gasteiger partial charge on any atom is 0.404 e. The Balaban J connectivity index is 0.00000102. The van der Waals surface area contributed by atoms with Crippen LogP contribution in [0.4, 0.5) is 14.9 Å². The van der Waals surface area contributed by atoms with Crippen LogP contribution in [-0.2, 0) is 26.0 Å². The third-order valence-corrected chi connectivity index (χ3v) is 9.98. The van der Waals surface area contributed by atoms with Crippen LogP contribution in [0.15, 0.2) is 71.9 Å². The number of sulfonamides is 1. The van der Waals surface area contributed by atoms with Crippen molar-refractivity contribution in [2.45, 2.75) is 62.9 Å². The molecule has 0 saturated carbocycles. The Hall–Kier alpha value is -3.58. The molecule has 0 bridgehead atoms. The van der Waals surface area contributed by atoms with Gasteiger partial charge in [-0.3, -0.25) is 9.78 Å². The highest BCUT2D eigenvalue weighted by molar-refractivity contribution is 7.89. The number of ether oxygens (including phenoxy) is 1. The molecule has 1 aliphatic rings. The number of nitrogens with one attached hydrogen (secondary N) is 2. The van der Waals surface area contributed by atoms with Crippen LogP contribution in [0.5, 0.6) is 0 Å². The minimum atomic E-state index is -3.75. The van der Waals surface area contributed by atoms with Gasteiger partial charge in [-0.05, 0) is 61.4 Å². The molecule has 2 aromatic carbocycles. The Labute approximate surface area is 269 Å². The van der Waals surface area contributed by atoms with Gasteiger partial charge in [0.25, 0.3) is 0 Å². The summed E-state index contributed by atoms with van der Waals surface area (Å²) >= 11 is 6.04. The summed E-state index contributed by atoms with van der Waals surface area (Å²) in [5.74, 6) is -0.641. The van der Waals surface area contributed by atoms with Gasteiger partial charge in [-0.2, -0.15) is 4.31 Å². The SMILES string of the molecule is CC(C)C(CC(=O)Nc1cncc(F)c1CC[C@H]1CNC[C@H](C)N1S(=O)(=O)c1ccccc1)c1ccc(Cl)cc1.COC(N)=O. The van der Waals surface area contributed by atoms with E-state index in [9.17, 15) is 18.0 Å². The first-order chi connectivity index (χ1) is 21.3. The van der Waals surface area contributed by atoms with Crippen molar-refractivity contribution in [3.63, 3.8) is 0 Å². The first-order valence-corrected chi connectivity index (χ1v) is 16.5. The van der Waals surface area contributed by atoms with Crippen molar-refractivity contribution in [3.05, 3.63) is 89.0 Å². The molecular weight excluding hydrogens is 621 g/mol. The Morgan fingerprint density at radius 3 is 2.38 bits per heavy atom. The largest absolute Gasteiger partial charge is 0.453 e. The van der Waals surface area contributed by atoms with Gasteiger partial charge in [0.1, 0.15) is 5.82 Å². The molecule has 0 radical (unpaired) electrons. The van der Waals surface area contributed by atoms with E-state index < -0.39 is 21.9 Å². The number of carbonyl (C=O) groups excluding carboxylic acids is 2. The lowest BCUT2D eigenvalue weighted by Crippen LogP contribution is -2.58. The average Bonchev–Trinajstić information content (AvgIpc) is 3.00. The number of primary amides is 1. The fourth-order valence-electron chi connectivity index (χ4n) is 5.36. The average molecular weight is 662 g/mol. The Morgan fingerprint density at radius 1 is 1.13 bits per heavy atom. The van der Waals surface area contributed by atoms with Crippen molar-refractivity contribution < 1.29 is 27.1 Å². The molecule has 0 spiro atoms. The van der Waals surface area contributed by atoms with Gasteiger partial charge < -0.3 is 21.1 Å². The number of hydrogen-bond donors (Lipinski definition) is 3. The van der Waals surface area contributed by atoms with Crippen LogP contribution in [0.1, 0.15) is 50.7 Å². The summed E-state index contributed by atoms with van der Waals surface area (Å²) in [6.45, 7) is 6.94. The van der Waals surface area contributed by atoms with Crippen LogP contribution in [0.25, 0.3) is 0 Å². The number of pyridine rings is 1. The van der Waals surface area contributed by atoms with Crippen molar-refractivity contribution in [3.8, 4) is 0 Å². The number of benzene rings is 2. The number of amides is 2. The third kappa shape index (κ3) is 9.95. The van der Waals surface area contributed by atoms with E-state index in [-0.39, 0.29) is 47.6 Å². The van der Waals surface area contributed by atoms with Gasteiger partial charge in [0.2, 0.25) is 15.9 Å². The van der Waals surface area contributed by atoms with E-state index in [1.807, 2.05) is 19.1 Å². The number of halogens is 2. The smallest absolute Gasteiger partial charge is 0.404 e. The highest BCUT2D eigenvalue weighted by atomic mass is 35.5. The minimum Gasteiger partial charge on any atom is -0.453 e. The predicted molar refractivity (Wildman–Crippen MR) is 173 cm³/mol. The molecule has 10 nitrogen and oxygen atoms in total. The van der Waals surface area contributed by atoms with Crippen molar-refractivity contribution in [1.29, 1.82) is 0 Å². The standard InChI is InChI=1S/C30H36ClFN4O3S.C2H5NO2/c1-20(2)27(22-9-11-23(31)12-10-22)15-30(37)35-29-19-34-18-28(32)26(29)14-13-24-17-33-16-21(3)36(24)40(38,39)25-7-5-4-6-8-25;1-5-2(3)4/h4-12,18-21,24,27,33H,13-17H2,1-3H3,(H,35,37);1H3,(H2,3,4)/t21-,24-,27?;/m0./s1. The van der Waals surface area contributed by atoms with E-state index in [4.69, 9.17) is 11.6 Å². The molecule has 4 N–H and O–H groups in total. The number of nitrogens with zero attached hydrogens (tertiary/aromatic N) is 2. The molecule has 1 saturated heterocycles. The maximum atomic E-state index is 15.0. The first-order valence-electron chi connectivity index (χ1n) is 14.7. The van der Waals surface area contributed by atoms with Crippen molar-refractivity contribution >= 4 is 39.3 Å². The van der Waals surface area contributed by atoms with Crippen LogP contribution in [0.3, 0.4) is 0 Å². The lowest BCUT2D eigenvalue weighted by atomic mass is 9.85. The second-order valence-corrected chi connectivity index (χ2v) is 13.5. The fraction of sp³-hybridized carbons (Fsp3) is 0.406. The molecule has 2 amide bonds. The van der Waals surface area contributed by atoms with Crippen LogP contribution < -0.4 is 16.4 Å². The van der Waals surface area contributed by atoms with Crippen LogP contribution in [0, 0.1) is 11.7 Å². The van der Waals surface area contributed by atoms with Gasteiger partial charge in [0, 0.05) is 42.2 Å². The molecule has 1 aromatic heterocycles. The van der Waals surface area contributed by atoms with Crippen molar-refractivity contribution in [2.24, 2.45) is 11.7 Å². The number of anilines is 1. The number of hydrogen-bond acceptors (Lipinski definition) is 7. The Bertz CT molecular complexity index is 1530. The van der Waals surface area contributed by atoms with E-state index in [0.29, 0.717) is 35.8 Å². The molecule has 4 rings (SSSR count). The normalized spacial score (nSPS) is 17.6. The molecular formula is C32H41ClFN5O5S. The minimum absolute atomic E-state index is 0.0474. The molecule has 3 atom stereocenters. The number of aromatic nitrogens is 1. The summed E-state index contributed by atoms with van der Waals surface area (Å²) in [6.07, 6.45) is 2.63. The number of methoxy groups -OCH3 is 1. The molecule has 244 valence electrons. The van der Waals surface area contributed by atoms with Crippen LogP contribution in [-0.4, -0.2) is 62.0 Å². The van der Waals surface area contributed by atoms with E-state index in [1.165, 1.54) is 17.6 Å². The first kappa shape index (κ1) is 35.9. The van der Waals surface area contributed by atoms with Crippen molar-refractivity contribution in [2.75, 3.05) is 25.5 Å².